The summed E-state index contributed by atoms with van der Waals surface area (Å²) in [7, 11) is 2.54. The van der Waals surface area contributed by atoms with Crippen molar-refractivity contribution in [1.82, 2.24) is 0 Å². The minimum absolute atomic E-state index is 0.161. The maximum atomic E-state index is 12.4. The van der Waals surface area contributed by atoms with Crippen molar-refractivity contribution < 1.29 is 23.8 Å². The number of hydrogen-bond donors (Lipinski definition) is 0. The predicted molar refractivity (Wildman–Crippen MR) is 82.3 cm³/mol. The van der Waals surface area contributed by atoms with Crippen molar-refractivity contribution in [2.24, 2.45) is 0 Å². The summed E-state index contributed by atoms with van der Waals surface area (Å²) in [4.78, 5) is 24.6. The number of allylic oxidation sites excluding steroid dienone is 2. The summed E-state index contributed by atoms with van der Waals surface area (Å²) in [5.74, 6) is -1.21. The van der Waals surface area contributed by atoms with Gasteiger partial charge in [-0.05, 0) is 17.2 Å². The number of esters is 2. The quantitative estimate of drug-likeness (QED) is 0.631. The van der Waals surface area contributed by atoms with Crippen molar-refractivity contribution in [2.75, 3.05) is 14.2 Å². The molecule has 2 unspecified atom stereocenters. The highest BCUT2D eigenvalue weighted by atomic mass is 16.6. The van der Waals surface area contributed by atoms with E-state index in [1.165, 1.54) is 14.2 Å². The number of rotatable bonds is 4. The highest BCUT2D eigenvalue weighted by Crippen LogP contribution is 2.58. The van der Waals surface area contributed by atoms with Crippen LogP contribution in [0.25, 0.3) is 0 Å². The molecular weight excluding hydrogens is 296 g/mol. The molecule has 0 saturated carbocycles. The van der Waals surface area contributed by atoms with E-state index in [1.54, 1.807) is 18.2 Å². The van der Waals surface area contributed by atoms with Crippen LogP contribution in [0.5, 0.6) is 0 Å². The van der Waals surface area contributed by atoms with E-state index >= 15 is 0 Å². The molecule has 2 aliphatic rings. The van der Waals surface area contributed by atoms with Gasteiger partial charge in [-0.3, -0.25) is 0 Å². The zero-order valence-corrected chi connectivity index (χ0v) is 12.9. The molecule has 118 valence electrons. The second-order valence-electron chi connectivity index (χ2n) is 5.19. The largest absolute Gasteiger partial charge is 0.466 e. The molecule has 0 fully saturated rings. The fourth-order valence-electron chi connectivity index (χ4n) is 3.21. The Morgan fingerprint density at radius 1 is 1.22 bits per heavy atom. The summed E-state index contributed by atoms with van der Waals surface area (Å²) in [6.07, 6.45) is 4.32. The van der Waals surface area contributed by atoms with Gasteiger partial charge >= 0.3 is 11.9 Å². The zero-order chi connectivity index (χ0) is 16.6. The van der Waals surface area contributed by atoms with Gasteiger partial charge in [0.25, 0.3) is 0 Å². The predicted octanol–water partition coefficient (Wildman–Crippen LogP) is 2.35. The molecule has 2 aliphatic heterocycles. The Bertz CT molecular complexity index is 758. The summed E-state index contributed by atoms with van der Waals surface area (Å²) >= 11 is 0. The maximum Gasteiger partial charge on any atom is 0.338 e. The number of carbonyl (C=O) groups excluding carboxylic acids is 2. The first-order valence-electron chi connectivity index (χ1n) is 7.09. The monoisotopic (exact) mass is 312 g/mol. The molecule has 5 nitrogen and oxygen atoms in total. The highest BCUT2D eigenvalue weighted by Gasteiger charge is 2.59. The van der Waals surface area contributed by atoms with E-state index in [1.807, 2.05) is 24.3 Å². The van der Waals surface area contributed by atoms with Gasteiger partial charge in [-0.15, -0.1) is 0 Å². The normalized spacial score (nSPS) is 24.7. The first kappa shape index (κ1) is 15.2. The van der Waals surface area contributed by atoms with Crippen LogP contribution in [0, 0.1) is 0 Å². The number of ether oxygens (including phenoxy) is 3. The van der Waals surface area contributed by atoms with Gasteiger partial charge in [0.1, 0.15) is 11.7 Å². The van der Waals surface area contributed by atoms with Crippen LogP contribution < -0.4 is 0 Å². The Hall–Kier alpha value is -2.66. The van der Waals surface area contributed by atoms with Crippen LogP contribution in [0.4, 0.5) is 0 Å². The SMILES string of the molecule is C=C/C=C/C12OC(C(C(=O)OC)=C1C(=O)OC)c1ccccc12. The molecule has 3 rings (SSSR count). The molecule has 0 N–H and O–H groups in total. The number of carbonyl (C=O) groups is 2. The van der Waals surface area contributed by atoms with E-state index in [0.29, 0.717) is 0 Å². The Balaban J connectivity index is 2.32. The lowest BCUT2D eigenvalue weighted by Crippen LogP contribution is -2.30. The van der Waals surface area contributed by atoms with E-state index in [9.17, 15) is 9.59 Å². The fourth-order valence-corrected chi connectivity index (χ4v) is 3.21. The van der Waals surface area contributed by atoms with Gasteiger partial charge in [-0.25, -0.2) is 9.59 Å². The molecule has 0 spiro atoms. The third kappa shape index (κ3) is 1.97. The van der Waals surface area contributed by atoms with E-state index in [4.69, 9.17) is 14.2 Å². The molecule has 0 saturated heterocycles. The van der Waals surface area contributed by atoms with Crippen LogP contribution >= 0.6 is 0 Å². The molecule has 5 heteroatoms. The number of methoxy groups -OCH3 is 2. The summed E-state index contributed by atoms with van der Waals surface area (Å²) < 4.78 is 15.8. The maximum absolute atomic E-state index is 12.4. The average molecular weight is 312 g/mol. The van der Waals surface area contributed by atoms with Crippen LogP contribution in [0.2, 0.25) is 0 Å². The Kier molecular flexibility index (Phi) is 3.66. The average Bonchev–Trinajstić information content (AvgIpc) is 3.10. The van der Waals surface area contributed by atoms with E-state index in [-0.39, 0.29) is 11.1 Å². The van der Waals surface area contributed by atoms with Crippen molar-refractivity contribution in [1.29, 1.82) is 0 Å². The number of benzene rings is 1. The van der Waals surface area contributed by atoms with Crippen molar-refractivity contribution in [2.45, 2.75) is 11.7 Å². The summed E-state index contributed by atoms with van der Waals surface area (Å²) in [5, 5.41) is 0. The summed E-state index contributed by atoms with van der Waals surface area (Å²) in [5.41, 5.74) is 0.845. The molecule has 2 atom stereocenters. The van der Waals surface area contributed by atoms with Crippen molar-refractivity contribution in [3.63, 3.8) is 0 Å². The first-order chi connectivity index (χ1) is 11.1. The van der Waals surface area contributed by atoms with Gasteiger partial charge in [-0.1, -0.05) is 43.0 Å². The molecule has 1 aromatic rings. The van der Waals surface area contributed by atoms with Crippen molar-refractivity contribution in [3.05, 3.63) is 71.3 Å². The molecule has 2 heterocycles. The van der Waals surface area contributed by atoms with Crippen LogP contribution in [0.1, 0.15) is 17.2 Å². The minimum Gasteiger partial charge on any atom is -0.466 e. The lowest BCUT2D eigenvalue weighted by molar-refractivity contribution is -0.139. The van der Waals surface area contributed by atoms with Crippen LogP contribution in [-0.4, -0.2) is 26.2 Å². The lowest BCUT2D eigenvalue weighted by Gasteiger charge is -2.26. The molecule has 0 aliphatic carbocycles. The highest BCUT2D eigenvalue weighted by molar-refractivity contribution is 6.05. The lowest BCUT2D eigenvalue weighted by atomic mass is 9.77. The standard InChI is InChI=1S/C18H16O5/c1-4-5-10-18-12-9-7-6-8-11(12)15(23-18)13(16(19)21-2)14(18)17(20)22-3/h4-10,15H,1H2,2-3H3/b10-5+. The van der Waals surface area contributed by atoms with E-state index < -0.39 is 23.6 Å². The Morgan fingerprint density at radius 3 is 2.57 bits per heavy atom. The molecule has 23 heavy (non-hydrogen) atoms. The third-order valence-electron chi connectivity index (χ3n) is 4.11. The smallest absolute Gasteiger partial charge is 0.338 e. The summed E-state index contributed by atoms with van der Waals surface area (Å²) in [6, 6.07) is 7.47. The topological polar surface area (TPSA) is 61.8 Å². The van der Waals surface area contributed by atoms with Gasteiger partial charge in [0, 0.05) is 0 Å². The van der Waals surface area contributed by atoms with Crippen molar-refractivity contribution >= 4 is 11.9 Å². The van der Waals surface area contributed by atoms with Crippen LogP contribution in [0.15, 0.2) is 60.2 Å². The zero-order valence-electron chi connectivity index (χ0n) is 12.9. The van der Waals surface area contributed by atoms with Gasteiger partial charge < -0.3 is 14.2 Å². The fraction of sp³-hybridized carbons (Fsp3) is 0.222. The van der Waals surface area contributed by atoms with Gasteiger partial charge in [0.05, 0.1) is 25.4 Å². The summed E-state index contributed by atoms with van der Waals surface area (Å²) in [6.45, 7) is 3.65. The number of fused-ring (bicyclic) bond motifs is 5. The third-order valence-corrected chi connectivity index (χ3v) is 4.11. The molecular formula is C18H16O5. The second kappa shape index (κ2) is 5.52. The van der Waals surface area contributed by atoms with Crippen LogP contribution in [-0.2, 0) is 29.4 Å². The molecule has 0 radical (unpaired) electrons. The molecule has 0 aromatic heterocycles. The number of hydrogen-bond acceptors (Lipinski definition) is 5. The Labute approximate surface area is 133 Å². The molecule has 2 bridgehead atoms. The molecule has 1 aromatic carbocycles. The van der Waals surface area contributed by atoms with Crippen molar-refractivity contribution in [3.8, 4) is 0 Å². The Morgan fingerprint density at radius 2 is 1.91 bits per heavy atom. The van der Waals surface area contributed by atoms with E-state index in [0.717, 1.165) is 11.1 Å². The van der Waals surface area contributed by atoms with Gasteiger partial charge in [0.15, 0.2) is 0 Å². The van der Waals surface area contributed by atoms with Crippen LogP contribution in [0.3, 0.4) is 0 Å². The minimum atomic E-state index is -1.16. The first-order valence-corrected chi connectivity index (χ1v) is 7.09. The molecule has 0 amide bonds. The van der Waals surface area contributed by atoms with Gasteiger partial charge in [-0.2, -0.15) is 0 Å². The second-order valence-corrected chi connectivity index (χ2v) is 5.19. The van der Waals surface area contributed by atoms with Gasteiger partial charge in [0.2, 0.25) is 0 Å². The van der Waals surface area contributed by atoms with E-state index in [2.05, 4.69) is 6.58 Å².